The fraction of sp³-hybridized carbons (Fsp3) is 0.300. The van der Waals surface area contributed by atoms with Crippen molar-refractivity contribution < 1.29 is 19.0 Å². The summed E-state index contributed by atoms with van der Waals surface area (Å²) in [6.07, 6.45) is 0. The van der Waals surface area contributed by atoms with Crippen LogP contribution in [-0.4, -0.2) is 22.7 Å². The van der Waals surface area contributed by atoms with Crippen LogP contribution < -0.4 is 5.73 Å². The van der Waals surface area contributed by atoms with Crippen molar-refractivity contribution in [2.24, 2.45) is 5.73 Å². The number of alkyl halides is 2. The first-order valence-corrected chi connectivity index (χ1v) is 4.39. The zero-order valence-corrected chi connectivity index (χ0v) is 9.42. The zero-order chi connectivity index (χ0) is 12.3. The topological polar surface area (TPSA) is 90.3 Å². The number of phenolic OH excluding ortho intramolecular Hbond substituents is 1. The van der Waals surface area contributed by atoms with Gasteiger partial charge in [-0.25, -0.2) is 8.78 Å². The third-order valence-electron chi connectivity index (χ3n) is 2.16. The normalized spacial score (nSPS) is 12.4. The highest BCUT2D eigenvalue weighted by atomic mass is 35.5. The summed E-state index contributed by atoms with van der Waals surface area (Å²) in [5.41, 5.74) is 5.07. The molecule has 0 spiro atoms. The molecule has 0 fully saturated rings. The number of phenols is 1. The van der Waals surface area contributed by atoms with Gasteiger partial charge in [0.2, 0.25) is 0 Å². The van der Waals surface area contributed by atoms with E-state index in [-0.39, 0.29) is 23.5 Å². The highest BCUT2D eigenvalue weighted by Crippen LogP contribution is 2.34. The van der Waals surface area contributed by atoms with Gasteiger partial charge in [0.1, 0.15) is 18.4 Å². The lowest BCUT2D eigenvalue weighted by atomic mass is 9.99. The number of aliphatic hydroxyl groups is 1. The number of nitrogens with two attached hydrogens (primary N) is 1. The van der Waals surface area contributed by atoms with Crippen LogP contribution in [0.1, 0.15) is 17.2 Å². The Morgan fingerprint density at radius 3 is 2.53 bits per heavy atom. The molecule has 0 heterocycles. The van der Waals surface area contributed by atoms with E-state index < -0.39 is 24.3 Å². The lowest BCUT2D eigenvalue weighted by Crippen LogP contribution is -2.36. The van der Waals surface area contributed by atoms with Gasteiger partial charge in [0.05, 0.1) is 11.6 Å². The first kappa shape index (κ1) is 15.6. The molecule has 4 nitrogen and oxygen atoms in total. The Balaban J connectivity index is 0.00000256. The molecule has 1 atom stereocenters. The molecule has 1 aromatic carbocycles. The number of aromatic hydroxyl groups is 1. The molecule has 0 aliphatic rings. The van der Waals surface area contributed by atoms with Crippen LogP contribution in [0.15, 0.2) is 18.2 Å². The first-order valence-electron chi connectivity index (χ1n) is 4.39. The van der Waals surface area contributed by atoms with E-state index in [0.29, 0.717) is 0 Å². The molecule has 0 aromatic heterocycles. The molecule has 1 rings (SSSR count). The van der Waals surface area contributed by atoms with Crippen LogP contribution in [0.3, 0.4) is 0 Å². The van der Waals surface area contributed by atoms with E-state index in [2.05, 4.69) is 0 Å². The summed E-state index contributed by atoms with van der Waals surface area (Å²) in [6, 6.07) is 3.35. The van der Waals surface area contributed by atoms with Crippen LogP contribution in [0, 0.1) is 11.3 Å². The smallest absolute Gasteiger partial charge is 0.289 e. The molecule has 0 unspecified atom stereocenters. The zero-order valence-electron chi connectivity index (χ0n) is 8.60. The van der Waals surface area contributed by atoms with Crippen molar-refractivity contribution in [3.05, 3.63) is 29.3 Å². The molecule has 0 aliphatic carbocycles. The Morgan fingerprint density at radius 1 is 1.47 bits per heavy atom. The number of halogens is 3. The lowest BCUT2D eigenvalue weighted by molar-refractivity contribution is -0.0715. The maximum Gasteiger partial charge on any atom is 0.289 e. The fourth-order valence-electron chi connectivity index (χ4n) is 1.20. The molecule has 0 amide bonds. The van der Waals surface area contributed by atoms with Crippen LogP contribution in [0.25, 0.3) is 0 Å². The number of hydrogen-bond donors (Lipinski definition) is 3. The summed E-state index contributed by atoms with van der Waals surface area (Å²) in [5, 5.41) is 26.4. The van der Waals surface area contributed by atoms with Gasteiger partial charge >= 0.3 is 0 Å². The van der Waals surface area contributed by atoms with Crippen LogP contribution >= 0.6 is 12.4 Å². The number of benzene rings is 1. The summed E-state index contributed by atoms with van der Waals surface area (Å²) in [7, 11) is 0. The van der Waals surface area contributed by atoms with E-state index in [9.17, 15) is 13.9 Å². The van der Waals surface area contributed by atoms with Crippen LogP contribution in [-0.2, 0) is 0 Å². The fourth-order valence-corrected chi connectivity index (χ4v) is 1.20. The Hall–Kier alpha value is -1.42. The van der Waals surface area contributed by atoms with Crippen molar-refractivity contribution in [3.8, 4) is 11.8 Å². The van der Waals surface area contributed by atoms with Crippen molar-refractivity contribution in [2.75, 3.05) is 6.61 Å². The molecule has 7 heteroatoms. The predicted octanol–water partition coefficient (Wildman–Crippen LogP) is 1.31. The lowest BCUT2D eigenvalue weighted by Gasteiger charge is -2.22. The van der Waals surface area contributed by atoms with E-state index in [0.717, 1.165) is 12.1 Å². The van der Waals surface area contributed by atoms with Gasteiger partial charge in [0.15, 0.2) is 0 Å². The largest absolute Gasteiger partial charge is 0.508 e. The monoisotopic (exact) mass is 264 g/mol. The van der Waals surface area contributed by atoms with Gasteiger partial charge in [-0.1, -0.05) is 0 Å². The van der Waals surface area contributed by atoms with Crippen LogP contribution in [0.4, 0.5) is 8.78 Å². The molecule has 0 radical (unpaired) electrons. The predicted molar refractivity (Wildman–Crippen MR) is 59.0 cm³/mol. The quantitative estimate of drug-likeness (QED) is 0.768. The van der Waals surface area contributed by atoms with E-state index in [1.165, 1.54) is 6.07 Å². The molecule has 4 N–H and O–H groups in total. The Kier molecular flexibility index (Phi) is 5.29. The molecule has 0 saturated carbocycles. The summed E-state index contributed by atoms with van der Waals surface area (Å²) in [5.74, 6) is -3.98. The highest BCUT2D eigenvalue weighted by Gasteiger charge is 2.38. The van der Waals surface area contributed by atoms with Gasteiger partial charge in [-0.3, -0.25) is 0 Å². The van der Waals surface area contributed by atoms with Crippen LogP contribution in [0.2, 0.25) is 0 Å². The van der Waals surface area contributed by atoms with E-state index >= 15 is 0 Å². The third kappa shape index (κ3) is 3.27. The second-order valence-electron chi connectivity index (χ2n) is 3.28. The van der Waals surface area contributed by atoms with E-state index in [4.69, 9.17) is 16.1 Å². The van der Waals surface area contributed by atoms with Gasteiger partial charge in [-0.05, 0) is 18.2 Å². The molecular weight excluding hydrogens is 254 g/mol. The summed E-state index contributed by atoms with van der Waals surface area (Å²) in [6.45, 7) is -1.43. The van der Waals surface area contributed by atoms with E-state index in [1.807, 2.05) is 0 Å². The minimum Gasteiger partial charge on any atom is -0.508 e. The van der Waals surface area contributed by atoms with Crippen molar-refractivity contribution in [3.63, 3.8) is 0 Å². The Bertz CT molecular complexity index is 435. The standard InChI is InChI=1S/C10H10F2N2O2.ClH/c11-10(12,5-15)9(14)7-3-6(4-13)1-2-8(7)16;/h1-3,9,15-16H,5,14H2;1H/t9-;/m1./s1. The number of nitrogens with zero attached hydrogens (tertiary/aromatic N) is 1. The first-order chi connectivity index (χ1) is 7.42. The van der Waals surface area contributed by atoms with Crippen molar-refractivity contribution in [2.45, 2.75) is 12.0 Å². The second kappa shape index (κ2) is 5.77. The average molecular weight is 265 g/mol. The van der Waals surface area contributed by atoms with Gasteiger partial charge in [0.25, 0.3) is 5.92 Å². The molecular formula is C10H11ClF2N2O2. The van der Waals surface area contributed by atoms with Crippen molar-refractivity contribution in [1.29, 1.82) is 5.26 Å². The van der Waals surface area contributed by atoms with Gasteiger partial charge in [-0.15, -0.1) is 12.4 Å². The number of hydrogen-bond acceptors (Lipinski definition) is 4. The minimum absolute atomic E-state index is 0. The molecule has 17 heavy (non-hydrogen) atoms. The molecule has 1 aromatic rings. The van der Waals surface area contributed by atoms with Gasteiger partial charge in [0, 0.05) is 5.56 Å². The molecule has 0 aliphatic heterocycles. The Labute approximate surface area is 103 Å². The molecule has 0 saturated heterocycles. The van der Waals surface area contributed by atoms with Crippen molar-refractivity contribution in [1.82, 2.24) is 0 Å². The minimum atomic E-state index is -3.55. The highest BCUT2D eigenvalue weighted by molar-refractivity contribution is 5.85. The summed E-state index contributed by atoms with van der Waals surface area (Å²) in [4.78, 5) is 0. The second-order valence-corrected chi connectivity index (χ2v) is 3.28. The summed E-state index contributed by atoms with van der Waals surface area (Å²) < 4.78 is 26.2. The molecule has 94 valence electrons. The SMILES string of the molecule is Cl.N#Cc1ccc(O)c([C@@H](N)C(F)(F)CO)c1. The maximum atomic E-state index is 13.1. The van der Waals surface area contributed by atoms with Gasteiger partial charge < -0.3 is 15.9 Å². The number of aliphatic hydroxyl groups excluding tert-OH is 1. The maximum absolute atomic E-state index is 13.1. The summed E-state index contributed by atoms with van der Waals surface area (Å²) >= 11 is 0. The number of rotatable bonds is 3. The third-order valence-corrected chi connectivity index (χ3v) is 2.16. The van der Waals surface area contributed by atoms with Crippen molar-refractivity contribution >= 4 is 12.4 Å². The molecule has 0 bridgehead atoms. The Morgan fingerprint density at radius 2 is 2.06 bits per heavy atom. The van der Waals surface area contributed by atoms with E-state index in [1.54, 1.807) is 6.07 Å². The van der Waals surface area contributed by atoms with Crippen LogP contribution in [0.5, 0.6) is 5.75 Å². The number of nitriles is 1. The average Bonchev–Trinajstić information content (AvgIpc) is 2.29. The van der Waals surface area contributed by atoms with Gasteiger partial charge in [-0.2, -0.15) is 5.26 Å².